The zero-order valence-corrected chi connectivity index (χ0v) is 31.8. The topological polar surface area (TPSA) is 64.1 Å². The average Bonchev–Trinajstić information content (AvgIpc) is 3.17. The normalized spacial score (nSPS) is 13.4. The minimum Gasteiger partial charge on any atom is -0.493 e. The van der Waals surface area contributed by atoms with Crippen molar-refractivity contribution in [2.45, 2.75) is 53.2 Å². The van der Waals surface area contributed by atoms with Gasteiger partial charge in [0.15, 0.2) is 0 Å². The molecule has 0 spiro atoms. The van der Waals surface area contributed by atoms with E-state index in [2.05, 4.69) is 103 Å². The van der Waals surface area contributed by atoms with E-state index in [4.69, 9.17) is 25.8 Å². The summed E-state index contributed by atoms with van der Waals surface area (Å²) in [6.45, 7) is 13.4. The number of carbonyl (C=O) groups is 1. The molecule has 0 saturated carbocycles. The van der Waals surface area contributed by atoms with Crippen molar-refractivity contribution in [3.63, 3.8) is 0 Å². The van der Waals surface area contributed by atoms with E-state index < -0.39 is 0 Å². The highest BCUT2D eigenvalue weighted by molar-refractivity contribution is 6.32. The lowest BCUT2D eigenvalue weighted by molar-refractivity contribution is -0.127. The van der Waals surface area contributed by atoms with Crippen LogP contribution in [0.2, 0.25) is 5.02 Å². The van der Waals surface area contributed by atoms with Crippen LogP contribution in [0.3, 0.4) is 0 Å². The summed E-state index contributed by atoms with van der Waals surface area (Å²) in [5, 5.41) is 0.437. The lowest BCUT2D eigenvalue weighted by Gasteiger charge is -2.34. The molecule has 0 N–H and O–H groups in total. The lowest BCUT2D eigenvalue weighted by Crippen LogP contribution is -2.47. The maximum atomic E-state index is 13.1. The van der Waals surface area contributed by atoms with E-state index in [0.29, 0.717) is 54.6 Å². The Morgan fingerprint density at radius 3 is 2.17 bits per heavy atom. The molecule has 1 saturated heterocycles. The average molecular weight is 730 g/mol. The minimum atomic E-state index is -0.00294. The van der Waals surface area contributed by atoms with Crippen molar-refractivity contribution in [3.8, 4) is 23.1 Å². The van der Waals surface area contributed by atoms with E-state index >= 15 is 0 Å². The molecule has 6 rings (SSSR count). The van der Waals surface area contributed by atoms with Crippen LogP contribution in [-0.4, -0.2) is 53.5 Å². The largest absolute Gasteiger partial charge is 0.493 e. The van der Waals surface area contributed by atoms with Crippen LogP contribution in [0.5, 0.6) is 23.1 Å². The highest BCUT2D eigenvalue weighted by Crippen LogP contribution is 2.32. The van der Waals surface area contributed by atoms with Gasteiger partial charge < -0.3 is 19.1 Å². The molecule has 0 bridgehead atoms. The van der Waals surface area contributed by atoms with Gasteiger partial charge in [0.2, 0.25) is 11.8 Å². The predicted molar refractivity (Wildman–Crippen MR) is 213 cm³/mol. The summed E-state index contributed by atoms with van der Waals surface area (Å²) in [6, 6.07) is 32.7. The first-order valence-corrected chi connectivity index (χ1v) is 18.7. The maximum Gasteiger partial charge on any atom is 0.246 e. The number of hydrogen-bond acceptors (Lipinski definition) is 6. The molecule has 0 unspecified atom stereocenters. The number of benzene rings is 4. The molecule has 7 nitrogen and oxygen atoms in total. The number of halogens is 1. The Labute approximate surface area is 318 Å². The molecule has 1 aliphatic heterocycles. The second kappa shape index (κ2) is 18.1. The van der Waals surface area contributed by atoms with Crippen molar-refractivity contribution in [2.24, 2.45) is 0 Å². The quantitative estimate of drug-likeness (QED) is 0.106. The number of pyridine rings is 1. The Hall–Kier alpha value is -5.11. The van der Waals surface area contributed by atoms with Gasteiger partial charge in [-0.25, -0.2) is 4.98 Å². The fraction of sp³-hybridized carbons (Fsp3) is 0.289. The van der Waals surface area contributed by atoms with E-state index in [0.717, 1.165) is 48.5 Å². The molecular weight excluding hydrogens is 682 g/mol. The molecule has 274 valence electrons. The summed E-state index contributed by atoms with van der Waals surface area (Å²) in [5.41, 5.74) is 7.95. The second-order valence-electron chi connectivity index (χ2n) is 13.9. The third-order valence-corrected chi connectivity index (χ3v) is 9.79. The number of nitrogens with zero attached hydrogens (tertiary/aromatic N) is 3. The predicted octanol–water partition coefficient (Wildman–Crippen LogP) is 9.83. The van der Waals surface area contributed by atoms with Crippen LogP contribution in [-0.2, 0) is 24.4 Å². The molecule has 1 aromatic heterocycles. The Morgan fingerprint density at radius 1 is 0.811 bits per heavy atom. The van der Waals surface area contributed by atoms with Crippen LogP contribution in [0.1, 0.15) is 58.7 Å². The standard InChI is InChI=1S/C45H48ClN3O4/c1-32(2)38-13-16-40(17-14-38)51-26-21-35-9-11-36(12-10-35)30-48-22-24-49(25-23-48)45(50)20-15-39-28-42(46)43(27-34(39)4)53-44-19-18-41(29-47-44)52-31-37-7-5-33(3)6-8-37/h5-20,27-29,32H,21-26,30-31H2,1-4H3/b20-15+. The molecule has 4 aromatic carbocycles. The molecule has 5 aromatic rings. The van der Waals surface area contributed by atoms with Crippen molar-refractivity contribution >= 4 is 23.6 Å². The first-order chi connectivity index (χ1) is 25.7. The van der Waals surface area contributed by atoms with E-state index in [-0.39, 0.29) is 5.91 Å². The smallest absolute Gasteiger partial charge is 0.246 e. The SMILES string of the molecule is Cc1ccc(COc2ccc(Oc3cc(C)c(/C=C/C(=O)N4CCN(Cc5ccc(CCOc6ccc(C(C)C)cc6)cc5)CC4)cc3Cl)nc2)cc1. The molecule has 0 aliphatic carbocycles. The van der Waals surface area contributed by atoms with E-state index in [9.17, 15) is 4.79 Å². The van der Waals surface area contributed by atoms with Gasteiger partial charge in [-0.1, -0.05) is 91.7 Å². The van der Waals surface area contributed by atoms with Crippen molar-refractivity contribution in [1.29, 1.82) is 0 Å². The second-order valence-corrected chi connectivity index (χ2v) is 14.3. The molecule has 2 heterocycles. The summed E-state index contributed by atoms with van der Waals surface area (Å²) >= 11 is 6.61. The summed E-state index contributed by atoms with van der Waals surface area (Å²) in [6.07, 6.45) is 5.96. The molecule has 8 heteroatoms. The maximum absolute atomic E-state index is 13.1. The van der Waals surface area contributed by atoms with Crippen LogP contribution in [0, 0.1) is 13.8 Å². The lowest BCUT2D eigenvalue weighted by atomic mass is 10.0. The van der Waals surface area contributed by atoms with E-state index in [1.54, 1.807) is 18.3 Å². The molecule has 0 atom stereocenters. The van der Waals surface area contributed by atoms with Gasteiger partial charge in [-0.2, -0.15) is 0 Å². The fourth-order valence-electron chi connectivity index (χ4n) is 6.10. The highest BCUT2D eigenvalue weighted by atomic mass is 35.5. The summed E-state index contributed by atoms with van der Waals surface area (Å²) < 4.78 is 17.8. The first kappa shape index (κ1) is 37.6. The number of hydrogen-bond donors (Lipinski definition) is 0. The molecule has 1 amide bonds. The van der Waals surface area contributed by atoms with Crippen molar-refractivity contribution < 1.29 is 19.0 Å². The van der Waals surface area contributed by atoms with Gasteiger partial charge in [0.05, 0.1) is 17.8 Å². The molecule has 1 fully saturated rings. The van der Waals surface area contributed by atoms with Crippen LogP contribution in [0.15, 0.2) is 109 Å². The van der Waals surface area contributed by atoms with E-state index in [1.165, 1.54) is 22.3 Å². The van der Waals surface area contributed by atoms with Crippen molar-refractivity contribution in [3.05, 3.63) is 153 Å². The summed E-state index contributed by atoms with van der Waals surface area (Å²) in [5.74, 6) is 2.99. The van der Waals surface area contributed by atoms with Crippen LogP contribution < -0.4 is 14.2 Å². The number of rotatable bonds is 14. The van der Waals surface area contributed by atoms with Crippen molar-refractivity contribution in [1.82, 2.24) is 14.8 Å². The first-order valence-electron chi connectivity index (χ1n) is 18.3. The fourth-order valence-corrected chi connectivity index (χ4v) is 6.31. The minimum absolute atomic E-state index is 0.00294. The number of aromatic nitrogens is 1. The Bertz CT molecular complexity index is 1970. The van der Waals surface area contributed by atoms with Crippen LogP contribution >= 0.6 is 11.6 Å². The highest BCUT2D eigenvalue weighted by Gasteiger charge is 2.20. The number of ether oxygens (including phenoxy) is 3. The van der Waals surface area contributed by atoms with Gasteiger partial charge in [-0.15, -0.1) is 0 Å². The van der Waals surface area contributed by atoms with Crippen molar-refractivity contribution in [2.75, 3.05) is 32.8 Å². The van der Waals surface area contributed by atoms with Crippen LogP contribution in [0.25, 0.3) is 6.08 Å². The molecule has 1 aliphatic rings. The molecule has 53 heavy (non-hydrogen) atoms. The molecular formula is C45H48ClN3O4. The Kier molecular flexibility index (Phi) is 12.8. The number of aryl methyl sites for hydroxylation is 2. The van der Waals surface area contributed by atoms with Gasteiger partial charge >= 0.3 is 0 Å². The Morgan fingerprint density at radius 2 is 1.49 bits per heavy atom. The summed E-state index contributed by atoms with van der Waals surface area (Å²) in [4.78, 5) is 21.8. The molecule has 0 radical (unpaired) electrons. The van der Waals surface area contributed by atoms with Gasteiger partial charge in [0.25, 0.3) is 0 Å². The number of carbonyl (C=O) groups excluding carboxylic acids is 1. The van der Waals surface area contributed by atoms with Gasteiger partial charge in [0.1, 0.15) is 23.9 Å². The number of piperazine rings is 1. The third kappa shape index (κ3) is 11.0. The summed E-state index contributed by atoms with van der Waals surface area (Å²) in [7, 11) is 0. The Balaban J connectivity index is 0.922. The van der Waals surface area contributed by atoms with Crippen LogP contribution in [0.4, 0.5) is 0 Å². The van der Waals surface area contributed by atoms with E-state index in [1.807, 2.05) is 36.1 Å². The number of amides is 1. The zero-order chi connectivity index (χ0) is 37.2. The van der Waals surface area contributed by atoms with Gasteiger partial charge in [-0.05, 0) is 89.6 Å². The van der Waals surface area contributed by atoms with Gasteiger partial charge in [-0.3, -0.25) is 9.69 Å². The third-order valence-electron chi connectivity index (χ3n) is 9.50. The monoisotopic (exact) mass is 729 g/mol. The van der Waals surface area contributed by atoms with Gasteiger partial charge in [0, 0.05) is 51.3 Å². The zero-order valence-electron chi connectivity index (χ0n) is 31.1.